The monoisotopic (exact) mass is 324 g/mol. The van der Waals surface area contributed by atoms with Gasteiger partial charge in [0.15, 0.2) is 0 Å². The summed E-state index contributed by atoms with van der Waals surface area (Å²) in [6.07, 6.45) is 1.12. The van der Waals surface area contributed by atoms with Gasteiger partial charge < -0.3 is 15.5 Å². The van der Waals surface area contributed by atoms with E-state index < -0.39 is 6.09 Å². The molecule has 22 heavy (non-hydrogen) atoms. The summed E-state index contributed by atoms with van der Waals surface area (Å²) in [4.78, 5) is 14.3. The number of piperidine rings is 1. The van der Waals surface area contributed by atoms with Gasteiger partial charge in [0.1, 0.15) is 0 Å². The average Bonchev–Trinajstić information content (AvgIpc) is 2.47. The Bertz CT molecular complexity index is 464. The number of amides is 1. The summed E-state index contributed by atoms with van der Waals surface area (Å²) in [5.74, 6) is 0. The fraction of sp³-hybridized carbons (Fsp3) is 0.562. The van der Waals surface area contributed by atoms with E-state index in [9.17, 15) is 9.90 Å². The number of aliphatic hydroxyl groups excluding tert-OH is 1. The molecule has 0 unspecified atom stereocenters. The summed E-state index contributed by atoms with van der Waals surface area (Å²) in [5, 5.41) is 21.3. The van der Waals surface area contributed by atoms with Gasteiger partial charge in [0, 0.05) is 24.0 Å². The highest BCUT2D eigenvalue weighted by Crippen LogP contribution is 2.30. The van der Waals surface area contributed by atoms with Crippen LogP contribution in [0.2, 0.25) is 0 Å². The first-order valence-electron chi connectivity index (χ1n) is 7.68. The molecule has 1 saturated heterocycles. The van der Waals surface area contributed by atoms with Gasteiger partial charge in [-0.3, -0.25) is 4.90 Å². The molecule has 1 fully saturated rings. The first kappa shape index (κ1) is 17.1. The molecule has 0 saturated carbocycles. The quantitative estimate of drug-likeness (QED) is 0.702. The molecule has 2 rings (SSSR count). The number of carboxylic acid groups (broad SMARTS) is 1. The number of nitrogens with one attached hydrogen (secondary N) is 1. The maximum absolute atomic E-state index is 10.8. The number of carbonyl (C=O) groups is 1. The van der Waals surface area contributed by atoms with Gasteiger partial charge in [-0.2, -0.15) is 0 Å². The van der Waals surface area contributed by atoms with E-state index in [0.717, 1.165) is 32.4 Å². The molecule has 0 aromatic heterocycles. The van der Waals surface area contributed by atoms with Crippen LogP contribution in [0.15, 0.2) is 35.2 Å². The molecule has 1 amide bonds. The second kappa shape index (κ2) is 8.41. The number of aliphatic hydroxyl groups is 1. The van der Waals surface area contributed by atoms with Crippen LogP contribution in [0.25, 0.3) is 0 Å². The van der Waals surface area contributed by atoms with Crippen molar-refractivity contribution in [2.24, 2.45) is 0 Å². The van der Waals surface area contributed by atoms with Crippen LogP contribution in [0, 0.1) is 0 Å². The Balaban J connectivity index is 2.01. The van der Waals surface area contributed by atoms with Crippen LogP contribution in [0.4, 0.5) is 4.79 Å². The highest BCUT2D eigenvalue weighted by molar-refractivity contribution is 7.99. The zero-order valence-electron chi connectivity index (χ0n) is 12.8. The van der Waals surface area contributed by atoms with Crippen molar-refractivity contribution in [2.75, 3.05) is 13.1 Å². The highest BCUT2D eigenvalue weighted by atomic mass is 32.2. The topological polar surface area (TPSA) is 72.8 Å². The zero-order valence-corrected chi connectivity index (χ0v) is 13.6. The van der Waals surface area contributed by atoms with E-state index in [-0.39, 0.29) is 17.5 Å². The standard InChI is InChI=1S/C16H24N2O3S/c1-12(17-16(20)21)11-15(18-9-7-13(19)8-10-18)22-14-5-3-2-4-6-14/h2-6,12-13,15,17,19H,7-11H2,1H3,(H,20,21)/t12-,15+/m1/s1. The molecule has 0 spiro atoms. The molecule has 0 radical (unpaired) electrons. The number of benzene rings is 1. The maximum Gasteiger partial charge on any atom is 0.404 e. The molecule has 1 heterocycles. The van der Waals surface area contributed by atoms with E-state index in [1.165, 1.54) is 4.90 Å². The molecular weight excluding hydrogens is 300 g/mol. The Labute approximate surface area is 135 Å². The Hall–Kier alpha value is -1.24. The Kier molecular flexibility index (Phi) is 6.54. The van der Waals surface area contributed by atoms with E-state index in [1.54, 1.807) is 11.8 Å². The average molecular weight is 324 g/mol. The lowest BCUT2D eigenvalue weighted by Gasteiger charge is -2.37. The van der Waals surface area contributed by atoms with Crippen molar-refractivity contribution >= 4 is 17.9 Å². The third-order valence-electron chi connectivity index (χ3n) is 3.85. The lowest BCUT2D eigenvalue weighted by atomic mass is 10.1. The Morgan fingerprint density at radius 1 is 1.36 bits per heavy atom. The minimum Gasteiger partial charge on any atom is -0.465 e. The van der Waals surface area contributed by atoms with Crippen LogP contribution in [-0.4, -0.2) is 51.8 Å². The van der Waals surface area contributed by atoms with Crippen LogP contribution in [0.5, 0.6) is 0 Å². The van der Waals surface area contributed by atoms with Crippen LogP contribution in [0.3, 0.4) is 0 Å². The van der Waals surface area contributed by atoms with Gasteiger partial charge in [-0.05, 0) is 38.3 Å². The second-order valence-electron chi connectivity index (χ2n) is 5.74. The van der Waals surface area contributed by atoms with Gasteiger partial charge in [-0.25, -0.2) is 4.79 Å². The Morgan fingerprint density at radius 3 is 2.59 bits per heavy atom. The molecule has 5 nitrogen and oxygen atoms in total. The molecule has 122 valence electrons. The molecule has 1 aromatic carbocycles. The molecule has 2 atom stereocenters. The minimum atomic E-state index is -0.981. The summed E-state index contributed by atoms with van der Waals surface area (Å²) < 4.78 is 0. The molecule has 1 aliphatic rings. The molecule has 0 aliphatic carbocycles. The van der Waals surface area contributed by atoms with Gasteiger partial charge in [0.25, 0.3) is 0 Å². The van der Waals surface area contributed by atoms with Crippen LogP contribution in [0.1, 0.15) is 26.2 Å². The van der Waals surface area contributed by atoms with Crippen molar-refractivity contribution in [1.29, 1.82) is 0 Å². The van der Waals surface area contributed by atoms with Gasteiger partial charge in [-0.1, -0.05) is 18.2 Å². The molecular formula is C16H24N2O3S. The lowest BCUT2D eigenvalue weighted by Crippen LogP contribution is -2.44. The number of likely N-dealkylation sites (tertiary alicyclic amines) is 1. The number of thioether (sulfide) groups is 1. The summed E-state index contributed by atoms with van der Waals surface area (Å²) in [6, 6.07) is 10.1. The third-order valence-corrected chi connectivity index (χ3v) is 5.15. The van der Waals surface area contributed by atoms with E-state index in [1.807, 2.05) is 25.1 Å². The predicted octanol–water partition coefficient (Wildman–Crippen LogP) is 2.61. The highest BCUT2D eigenvalue weighted by Gasteiger charge is 2.26. The van der Waals surface area contributed by atoms with Crippen molar-refractivity contribution in [3.05, 3.63) is 30.3 Å². The predicted molar refractivity (Wildman–Crippen MR) is 88.1 cm³/mol. The molecule has 0 bridgehead atoms. The van der Waals surface area contributed by atoms with Crippen LogP contribution in [-0.2, 0) is 0 Å². The molecule has 1 aliphatic heterocycles. The fourth-order valence-electron chi connectivity index (χ4n) is 2.67. The molecule has 1 aromatic rings. The number of hydrogen-bond acceptors (Lipinski definition) is 4. The van der Waals surface area contributed by atoms with Gasteiger partial charge in [0.05, 0.1) is 11.5 Å². The first-order chi connectivity index (χ1) is 10.5. The van der Waals surface area contributed by atoms with Crippen LogP contribution < -0.4 is 5.32 Å². The SMILES string of the molecule is C[C@H](C[C@H](Sc1ccccc1)N1CCC(O)CC1)NC(=O)O. The fourth-order valence-corrected chi connectivity index (χ4v) is 4.05. The normalized spacial score (nSPS) is 19.5. The van der Waals surface area contributed by atoms with Crippen molar-refractivity contribution in [1.82, 2.24) is 10.2 Å². The largest absolute Gasteiger partial charge is 0.465 e. The number of nitrogens with zero attached hydrogens (tertiary/aromatic N) is 1. The van der Waals surface area contributed by atoms with Crippen LogP contribution >= 0.6 is 11.8 Å². The van der Waals surface area contributed by atoms with E-state index >= 15 is 0 Å². The van der Waals surface area contributed by atoms with Crippen molar-refractivity contribution in [2.45, 2.75) is 48.6 Å². The van der Waals surface area contributed by atoms with Gasteiger partial charge >= 0.3 is 6.09 Å². The number of rotatable bonds is 6. The summed E-state index contributed by atoms with van der Waals surface area (Å²) in [5.41, 5.74) is 0. The van der Waals surface area contributed by atoms with E-state index in [0.29, 0.717) is 0 Å². The smallest absolute Gasteiger partial charge is 0.404 e. The number of hydrogen-bond donors (Lipinski definition) is 3. The van der Waals surface area contributed by atoms with Crippen molar-refractivity contribution in [3.8, 4) is 0 Å². The first-order valence-corrected chi connectivity index (χ1v) is 8.56. The van der Waals surface area contributed by atoms with Crippen molar-refractivity contribution < 1.29 is 15.0 Å². The third kappa shape index (κ3) is 5.51. The minimum absolute atomic E-state index is 0.106. The lowest BCUT2D eigenvalue weighted by molar-refractivity contribution is 0.0748. The summed E-state index contributed by atoms with van der Waals surface area (Å²) in [6.45, 7) is 3.60. The summed E-state index contributed by atoms with van der Waals surface area (Å²) in [7, 11) is 0. The molecule has 3 N–H and O–H groups in total. The van der Waals surface area contributed by atoms with E-state index in [4.69, 9.17) is 5.11 Å². The maximum atomic E-state index is 10.8. The Morgan fingerprint density at radius 2 is 2.00 bits per heavy atom. The van der Waals surface area contributed by atoms with Gasteiger partial charge in [-0.15, -0.1) is 11.8 Å². The van der Waals surface area contributed by atoms with Gasteiger partial charge in [0.2, 0.25) is 0 Å². The molecule has 6 heteroatoms. The van der Waals surface area contributed by atoms with E-state index in [2.05, 4.69) is 22.3 Å². The summed E-state index contributed by atoms with van der Waals surface area (Å²) >= 11 is 1.76. The second-order valence-corrected chi connectivity index (χ2v) is 6.99. The van der Waals surface area contributed by atoms with Crippen molar-refractivity contribution in [3.63, 3.8) is 0 Å². The zero-order chi connectivity index (χ0) is 15.9.